The molecule has 1 fully saturated rings. The molecule has 0 amide bonds. The van der Waals surface area contributed by atoms with E-state index >= 15 is 0 Å². The second-order valence-electron chi connectivity index (χ2n) is 5.52. The predicted octanol–water partition coefficient (Wildman–Crippen LogP) is 2.31. The Morgan fingerprint density at radius 1 is 1.27 bits per heavy atom. The van der Waals surface area contributed by atoms with E-state index in [9.17, 15) is 0 Å². The molecule has 0 aromatic carbocycles. The lowest BCUT2D eigenvalue weighted by atomic mass is 9.95. The Bertz CT molecular complexity index is 160. The van der Waals surface area contributed by atoms with Crippen molar-refractivity contribution in [3.8, 4) is 0 Å². The lowest BCUT2D eigenvalue weighted by molar-refractivity contribution is 0.146. The molecule has 90 valence electrons. The van der Waals surface area contributed by atoms with E-state index in [1.165, 1.54) is 45.4 Å². The molecule has 0 saturated carbocycles. The molecule has 1 rings (SSSR count). The molecule has 15 heavy (non-hydrogen) atoms. The van der Waals surface area contributed by atoms with Gasteiger partial charge in [-0.2, -0.15) is 0 Å². The average Bonchev–Trinajstić information content (AvgIpc) is 2.20. The summed E-state index contributed by atoms with van der Waals surface area (Å²) in [5.74, 6) is 1.81. The fourth-order valence-electron chi connectivity index (χ4n) is 2.44. The summed E-state index contributed by atoms with van der Waals surface area (Å²) in [5, 5.41) is 0. The van der Waals surface area contributed by atoms with Crippen LogP contribution < -0.4 is 0 Å². The molecule has 1 heterocycles. The summed E-state index contributed by atoms with van der Waals surface area (Å²) >= 11 is 0. The van der Waals surface area contributed by atoms with Crippen LogP contribution in [0.3, 0.4) is 0 Å². The topological polar surface area (TPSA) is 6.48 Å². The zero-order valence-corrected chi connectivity index (χ0v) is 11.0. The molecule has 1 unspecified atom stereocenters. The molecule has 0 spiro atoms. The highest BCUT2D eigenvalue weighted by Gasteiger charge is 2.20. The van der Waals surface area contributed by atoms with E-state index < -0.39 is 0 Å². The SMILES string of the molecule is CCC(C)CN1CCC(CN(C)C)CC1. The molecule has 2 nitrogen and oxygen atoms in total. The zero-order valence-electron chi connectivity index (χ0n) is 11.0. The molecular weight excluding hydrogens is 184 g/mol. The van der Waals surface area contributed by atoms with Crippen LogP contribution in [0.2, 0.25) is 0 Å². The Hall–Kier alpha value is -0.0800. The van der Waals surface area contributed by atoms with E-state index in [2.05, 4.69) is 37.7 Å². The first-order chi connectivity index (χ1) is 7.11. The Morgan fingerprint density at radius 3 is 2.33 bits per heavy atom. The Labute approximate surface area is 95.6 Å². The highest BCUT2D eigenvalue weighted by molar-refractivity contribution is 4.74. The lowest BCUT2D eigenvalue weighted by Gasteiger charge is -2.34. The van der Waals surface area contributed by atoms with E-state index in [4.69, 9.17) is 0 Å². The van der Waals surface area contributed by atoms with Gasteiger partial charge in [0.15, 0.2) is 0 Å². The van der Waals surface area contributed by atoms with Crippen LogP contribution in [-0.2, 0) is 0 Å². The number of likely N-dealkylation sites (tertiary alicyclic amines) is 1. The van der Waals surface area contributed by atoms with Gasteiger partial charge in [-0.15, -0.1) is 0 Å². The summed E-state index contributed by atoms with van der Waals surface area (Å²) in [4.78, 5) is 4.98. The first kappa shape index (κ1) is 13.0. The number of rotatable bonds is 5. The largest absolute Gasteiger partial charge is 0.309 e. The minimum Gasteiger partial charge on any atom is -0.309 e. The van der Waals surface area contributed by atoms with Crippen LogP contribution in [0.4, 0.5) is 0 Å². The summed E-state index contributed by atoms with van der Waals surface area (Å²) in [6.07, 6.45) is 4.11. The molecule has 0 N–H and O–H groups in total. The molecule has 0 aromatic rings. The van der Waals surface area contributed by atoms with Gasteiger partial charge in [-0.05, 0) is 51.9 Å². The summed E-state index contributed by atoms with van der Waals surface area (Å²) in [7, 11) is 4.37. The average molecular weight is 212 g/mol. The van der Waals surface area contributed by atoms with Gasteiger partial charge in [0, 0.05) is 13.1 Å². The van der Waals surface area contributed by atoms with Crippen LogP contribution in [0.1, 0.15) is 33.1 Å². The van der Waals surface area contributed by atoms with E-state index in [0.29, 0.717) is 0 Å². The molecule has 0 radical (unpaired) electrons. The van der Waals surface area contributed by atoms with Gasteiger partial charge < -0.3 is 9.80 Å². The van der Waals surface area contributed by atoms with Crippen LogP contribution in [0.5, 0.6) is 0 Å². The van der Waals surface area contributed by atoms with Gasteiger partial charge in [0.2, 0.25) is 0 Å². The normalized spacial score (nSPS) is 22.2. The second kappa shape index (κ2) is 6.49. The van der Waals surface area contributed by atoms with Crippen LogP contribution in [0.15, 0.2) is 0 Å². The highest BCUT2D eigenvalue weighted by Crippen LogP contribution is 2.19. The molecular formula is C13H28N2. The van der Waals surface area contributed by atoms with Crippen molar-refractivity contribution in [2.45, 2.75) is 33.1 Å². The maximum absolute atomic E-state index is 2.65. The summed E-state index contributed by atoms with van der Waals surface area (Å²) in [6.45, 7) is 9.89. The molecule has 1 saturated heterocycles. The van der Waals surface area contributed by atoms with Crippen molar-refractivity contribution < 1.29 is 0 Å². The van der Waals surface area contributed by atoms with Crippen LogP contribution >= 0.6 is 0 Å². The van der Waals surface area contributed by atoms with Gasteiger partial charge in [-0.3, -0.25) is 0 Å². The zero-order chi connectivity index (χ0) is 11.3. The van der Waals surface area contributed by atoms with Crippen molar-refractivity contribution in [2.24, 2.45) is 11.8 Å². The Morgan fingerprint density at radius 2 is 1.87 bits per heavy atom. The van der Waals surface area contributed by atoms with Gasteiger partial charge in [0.1, 0.15) is 0 Å². The number of nitrogens with zero attached hydrogens (tertiary/aromatic N) is 2. The molecule has 0 aromatic heterocycles. The van der Waals surface area contributed by atoms with Crippen molar-refractivity contribution in [1.82, 2.24) is 9.80 Å². The third-order valence-electron chi connectivity index (χ3n) is 3.60. The summed E-state index contributed by atoms with van der Waals surface area (Å²) in [6, 6.07) is 0. The first-order valence-electron chi connectivity index (χ1n) is 6.49. The molecule has 1 aliphatic heterocycles. The minimum absolute atomic E-state index is 0.871. The molecule has 1 aliphatic rings. The van der Waals surface area contributed by atoms with Gasteiger partial charge in [0.25, 0.3) is 0 Å². The van der Waals surface area contributed by atoms with Crippen LogP contribution in [-0.4, -0.2) is 50.1 Å². The van der Waals surface area contributed by atoms with Crippen molar-refractivity contribution in [1.29, 1.82) is 0 Å². The smallest absolute Gasteiger partial charge is 0.000692 e. The number of piperidine rings is 1. The molecule has 2 heteroatoms. The van der Waals surface area contributed by atoms with Crippen LogP contribution in [0, 0.1) is 11.8 Å². The number of hydrogen-bond donors (Lipinski definition) is 0. The summed E-state index contributed by atoms with van der Waals surface area (Å²) in [5.41, 5.74) is 0. The van der Waals surface area contributed by atoms with Crippen molar-refractivity contribution in [3.63, 3.8) is 0 Å². The predicted molar refractivity (Wildman–Crippen MR) is 67.2 cm³/mol. The van der Waals surface area contributed by atoms with Gasteiger partial charge in [0.05, 0.1) is 0 Å². The standard InChI is InChI=1S/C13H28N2/c1-5-12(2)10-15-8-6-13(7-9-15)11-14(3)4/h12-13H,5-11H2,1-4H3. The summed E-state index contributed by atoms with van der Waals surface area (Å²) < 4.78 is 0. The van der Waals surface area contributed by atoms with Gasteiger partial charge in [-0.25, -0.2) is 0 Å². The van der Waals surface area contributed by atoms with Crippen LogP contribution in [0.25, 0.3) is 0 Å². The number of hydrogen-bond acceptors (Lipinski definition) is 2. The van der Waals surface area contributed by atoms with Gasteiger partial charge in [-0.1, -0.05) is 20.3 Å². The highest BCUT2D eigenvalue weighted by atomic mass is 15.1. The van der Waals surface area contributed by atoms with Crippen molar-refractivity contribution >= 4 is 0 Å². The Balaban J connectivity index is 2.18. The monoisotopic (exact) mass is 212 g/mol. The lowest BCUT2D eigenvalue weighted by Crippen LogP contribution is -2.39. The van der Waals surface area contributed by atoms with E-state index in [-0.39, 0.29) is 0 Å². The van der Waals surface area contributed by atoms with E-state index in [1.807, 2.05) is 0 Å². The Kier molecular flexibility index (Phi) is 5.62. The van der Waals surface area contributed by atoms with Crippen molar-refractivity contribution in [3.05, 3.63) is 0 Å². The third kappa shape index (κ3) is 4.98. The van der Waals surface area contributed by atoms with E-state index in [0.717, 1.165) is 11.8 Å². The maximum atomic E-state index is 2.65. The van der Waals surface area contributed by atoms with Gasteiger partial charge >= 0.3 is 0 Å². The maximum Gasteiger partial charge on any atom is 0.000692 e. The minimum atomic E-state index is 0.871. The second-order valence-corrected chi connectivity index (χ2v) is 5.52. The quantitative estimate of drug-likeness (QED) is 0.690. The fraction of sp³-hybridized carbons (Fsp3) is 1.00. The van der Waals surface area contributed by atoms with E-state index in [1.54, 1.807) is 0 Å². The molecule has 1 atom stereocenters. The molecule has 0 aliphatic carbocycles. The van der Waals surface area contributed by atoms with Crippen molar-refractivity contribution in [2.75, 3.05) is 40.3 Å². The first-order valence-corrected chi connectivity index (χ1v) is 6.49. The molecule has 0 bridgehead atoms. The third-order valence-corrected chi connectivity index (χ3v) is 3.60. The fourth-order valence-corrected chi connectivity index (χ4v) is 2.44.